The van der Waals surface area contributed by atoms with Crippen molar-refractivity contribution in [3.05, 3.63) is 57.3 Å². The van der Waals surface area contributed by atoms with Gasteiger partial charge in [-0.3, -0.25) is 15.2 Å². The third-order valence-electron chi connectivity index (χ3n) is 3.20. The van der Waals surface area contributed by atoms with Crippen LogP contribution in [0.4, 0.5) is 11.5 Å². The summed E-state index contributed by atoms with van der Waals surface area (Å²) in [4.78, 5) is 10.3. The van der Waals surface area contributed by atoms with Gasteiger partial charge in [-0.25, -0.2) is 0 Å². The molecule has 2 N–H and O–H groups in total. The molecule has 7 heteroatoms. The van der Waals surface area contributed by atoms with Gasteiger partial charge in [-0.05, 0) is 36.3 Å². The van der Waals surface area contributed by atoms with E-state index in [-0.39, 0.29) is 11.2 Å². The molecule has 6 nitrogen and oxygen atoms in total. The molecular formula is C13H11ClN4O2. The molecule has 0 spiro atoms. The van der Waals surface area contributed by atoms with E-state index in [0.717, 1.165) is 28.2 Å². The molecule has 1 aliphatic rings. The van der Waals surface area contributed by atoms with Crippen molar-refractivity contribution in [3.63, 3.8) is 0 Å². The van der Waals surface area contributed by atoms with E-state index in [4.69, 9.17) is 11.6 Å². The van der Waals surface area contributed by atoms with Gasteiger partial charge in [-0.2, -0.15) is 5.10 Å². The first kappa shape index (κ1) is 12.7. The van der Waals surface area contributed by atoms with Crippen LogP contribution in [-0.2, 0) is 0 Å². The van der Waals surface area contributed by atoms with Gasteiger partial charge in [0, 0.05) is 17.7 Å². The first-order valence-corrected chi connectivity index (χ1v) is 6.42. The molecule has 2 aromatic rings. The molecule has 0 fully saturated rings. The highest BCUT2D eigenvalue weighted by Gasteiger charge is 2.23. The molecule has 0 aliphatic carbocycles. The zero-order valence-corrected chi connectivity index (χ0v) is 11.3. The third kappa shape index (κ3) is 2.04. The van der Waals surface area contributed by atoms with Crippen LogP contribution >= 0.6 is 11.6 Å². The van der Waals surface area contributed by atoms with Gasteiger partial charge in [-0.1, -0.05) is 11.6 Å². The molecular weight excluding hydrogens is 280 g/mol. The van der Waals surface area contributed by atoms with E-state index in [2.05, 4.69) is 15.5 Å². The molecule has 102 valence electrons. The van der Waals surface area contributed by atoms with E-state index >= 15 is 0 Å². The lowest BCUT2D eigenvalue weighted by molar-refractivity contribution is -0.384. The number of halogens is 1. The Morgan fingerprint density at radius 3 is 2.70 bits per heavy atom. The highest BCUT2D eigenvalue weighted by molar-refractivity contribution is 6.24. The number of nitro groups is 1. The van der Waals surface area contributed by atoms with E-state index < -0.39 is 4.92 Å². The van der Waals surface area contributed by atoms with Gasteiger partial charge in [0.1, 0.15) is 11.3 Å². The fourth-order valence-electron chi connectivity index (χ4n) is 2.28. The summed E-state index contributed by atoms with van der Waals surface area (Å²) in [5, 5.41) is 20.8. The summed E-state index contributed by atoms with van der Waals surface area (Å²) in [7, 11) is 0. The number of aromatic amines is 1. The number of non-ortho nitro benzene ring substituents is 1. The van der Waals surface area contributed by atoms with E-state index in [1.807, 2.05) is 13.0 Å². The minimum Gasteiger partial charge on any atom is -0.351 e. The van der Waals surface area contributed by atoms with Crippen LogP contribution in [0.2, 0.25) is 0 Å². The number of nitrogens with zero attached hydrogens (tertiary/aromatic N) is 2. The summed E-state index contributed by atoms with van der Waals surface area (Å²) < 4.78 is 0. The third-order valence-corrected chi connectivity index (χ3v) is 3.44. The second-order valence-electron chi connectivity index (χ2n) is 4.49. The number of hydrogen-bond donors (Lipinski definition) is 2. The van der Waals surface area contributed by atoms with Crippen LogP contribution in [-0.4, -0.2) is 20.6 Å². The molecule has 0 saturated heterocycles. The summed E-state index contributed by atoms with van der Waals surface area (Å²) in [5.74, 6) is 0.762. The number of aromatic nitrogens is 2. The van der Waals surface area contributed by atoms with Crippen molar-refractivity contribution in [2.75, 3.05) is 5.32 Å². The summed E-state index contributed by atoms with van der Waals surface area (Å²) >= 11 is 6.14. The molecule has 1 aromatic carbocycles. The fraction of sp³-hybridized carbons (Fsp3) is 0.154. The molecule has 1 aliphatic heterocycles. The van der Waals surface area contributed by atoms with Crippen molar-refractivity contribution >= 4 is 28.7 Å². The van der Waals surface area contributed by atoms with E-state index in [1.165, 1.54) is 12.1 Å². The topological polar surface area (TPSA) is 83.8 Å². The van der Waals surface area contributed by atoms with Gasteiger partial charge in [0.25, 0.3) is 5.69 Å². The number of aryl methyl sites for hydroxylation is 1. The summed E-state index contributed by atoms with van der Waals surface area (Å²) in [6.07, 6.45) is 1.87. The second-order valence-corrected chi connectivity index (χ2v) is 4.96. The maximum Gasteiger partial charge on any atom is 0.269 e. The molecule has 1 aromatic heterocycles. The first-order valence-electron chi connectivity index (χ1n) is 5.99. The number of H-pyrrole nitrogens is 1. The van der Waals surface area contributed by atoms with Gasteiger partial charge in [-0.15, -0.1) is 0 Å². The number of alkyl halides is 1. The van der Waals surface area contributed by atoms with Crippen LogP contribution in [0.1, 0.15) is 16.8 Å². The van der Waals surface area contributed by atoms with Crippen molar-refractivity contribution in [2.45, 2.75) is 12.4 Å². The van der Waals surface area contributed by atoms with E-state index in [9.17, 15) is 10.1 Å². The zero-order valence-electron chi connectivity index (χ0n) is 10.6. The largest absolute Gasteiger partial charge is 0.351 e. The molecule has 0 radical (unpaired) electrons. The number of benzene rings is 1. The molecule has 2 heterocycles. The summed E-state index contributed by atoms with van der Waals surface area (Å²) in [6, 6.07) is 6.40. The Labute approximate surface area is 119 Å². The highest BCUT2D eigenvalue weighted by atomic mass is 35.5. The maximum atomic E-state index is 10.7. The minimum atomic E-state index is -0.417. The number of hydrogen-bond acceptors (Lipinski definition) is 4. The van der Waals surface area contributed by atoms with Gasteiger partial charge in [0.2, 0.25) is 0 Å². The van der Waals surface area contributed by atoms with Gasteiger partial charge in [0.05, 0.1) is 10.6 Å². The number of nitrogens with one attached hydrogen (secondary N) is 2. The van der Waals surface area contributed by atoms with Crippen LogP contribution < -0.4 is 5.32 Å². The lowest BCUT2D eigenvalue weighted by Crippen LogP contribution is -2.16. The molecule has 0 amide bonds. The van der Waals surface area contributed by atoms with Crippen LogP contribution in [0.25, 0.3) is 5.57 Å². The quantitative estimate of drug-likeness (QED) is 0.385. The Balaban J connectivity index is 2.08. The van der Waals surface area contributed by atoms with Crippen LogP contribution in [0.5, 0.6) is 0 Å². The molecule has 1 atom stereocenters. The fourth-order valence-corrected chi connectivity index (χ4v) is 2.51. The monoisotopic (exact) mass is 290 g/mol. The lowest BCUT2D eigenvalue weighted by Gasteiger charge is -2.19. The van der Waals surface area contributed by atoms with Crippen molar-refractivity contribution in [1.29, 1.82) is 0 Å². The number of anilines is 1. The Morgan fingerprint density at radius 2 is 2.05 bits per heavy atom. The van der Waals surface area contributed by atoms with E-state index in [0.29, 0.717) is 0 Å². The maximum absolute atomic E-state index is 10.7. The highest BCUT2D eigenvalue weighted by Crippen LogP contribution is 2.36. The van der Waals surface area contributed by atoms with E-state index in [1.54, 1.807) is 12.1 Å². The van der Waals surface area contributed by atoms with Gasteiger partial charge < -0.3 is 5.32 Å². The minimum absolute atomic E-state index is 0.0647. The average Bonchev–Trinajstić information content (AvgIpc) is 2.79. The average molecular weight is 291 g/mol. The smallest absolute Gasteiger partial charge is 0.269 e. The SMILES string of the molecule is Cc1n[nH]c2c1C(c1ccc([N+](=O)[O-])cc1)=CC(Cl)N2. The Bertz CT molecular complexity index is 706. The second kappa shape index (κ2) is 4.64. The van der Waals surface area contributed by atoms with Crippen LogP contribution in [0, 0.1) is 17.0 Å². The molecule has 3 rings (SSSR count). The standard InChI is InChI=1S/C13H11ClN4O2/c1-7-12-10(6-11(14)15-13(12)17-16-7)8-2-4-9(5-3-8)18(19)20/h2-6,11H,1H3,(H2,15,16,17). The molecule has 0 bridgehead atoms. The number of rotatable bonds is 2. The Morgan fingerprint density at radius 1 is 1.35 bits per heavy atom. The van der Waals surface area contributed by atoms with Gasteiger partial charge in [0.15, 0.2) is 0 Å². The summed E-state index contributed by atoms with van der Waals surface area (Å²) in [6.45, 7) is 1.89. The zero-order chi connectivity index (χ0) is 14.3. The Kier molecular flexibility index (Phi) is 2.94. The van der Waals surface area contributed by atoms with Crippen molar-refractivity contribution in [1.82, 2.24) is 10.2 Å². The van der Waals surface area contributed by atoms with Crippen molar-refractivity contribution in [3.8, 4) is 0 Å². The Hall–Kier alpha value is -2.34. The molecule has 1 unspecified atom stereocenters. The van der Waals surface area contributed by atoms with Crippen LogP contribution in [0.3, 0.4) is 0 Å². The molecule has 20 heavy (non-hydrogen) atoms. The number of fused-ring (bicyclic) bond motifs is 1. The molecule has 0 saturated carbocycles. The predicted octanol–water partition coefficient (Wildman–Crippen LogP) is 3.05. The lowest BCUT2D eigenvalue weighted by atomic mass is 9.95. The first-order chi connectivity index (χ1) is 9.56. The van der Waals surface area contributed by atoms with Gasteiger partial charge >= 0.3 is 0 Å². The van der Waals surface area contributed by atoms with Crippen molar-refractivity contribution in [2.24, 2.45) is 0 Å². The predicted molar refractivity (Wildman–Crippen MR) is 76.8 cm³/mol. The number of nitro benzene ring substituents is 1. The normalized spacial score (nSPS) is 17.1. The summed E-state index contributed by atoms with van der Waals surface area (Å²) in [5.41, 5.74) is 3.28. The van der Waals surface area contributed by atoms with Crippen molar-refractivity contribution < 1.29 is 4.92 Å². The van der Waals surface area contributed by atoms with Crippen LogP contribution in [0.15, 0.2) is 30.3 Å².